The van der Waals surface area contributed by atoms with Crippen LogP contribution in [0.4, 0.5) is 0 Å². The summed E-state index contributed by atoms with van der Waals surface area (Å²) in [5.74, 6) is 1.61. The summed E-state index contributed by atoms with van der Waals surface area (Å²) in [6.07, 6.45) is 0.866. The Hall–Kier alpha value is -1.59. The van der Waals surface area contributed by atoms with Crippen LogP contribution in [0.15, 0.2) is 22.6 Å². The molecule has 19 heavy (non-hydrogen) atoms. The van der Waals surface area contributed by atoms with Gasteiger partial charge in [0, 0.05) is 5.02 Å². The number of hydrogen-bond donors (Lipinski definition) is 1. The third kappa shape index (κ3) is 2.88. The van der Waals surface area contributed by atoms with Gasteiger partial charge in [0.1, 0.15) is 5.75 Å². The fourth-order valence-electron chi connectivity index (χ4n) is 1.83. The monoisotopic (exact) mass is 281 g/mol. The molecule has 2 aromatic rings. The highest BCUT2D eigenvalue weighted by molar-refractivity contribution is 6.30. The van der Waals surface area contributed by atoms with Crippen molar-refractivity contribution in [3.63, 3.8) is 0 Å². The summed E-state index contributed by atoms with van der Waals surface area (Å²) in [4.78, 5) is 0. The summed E-state index contributed by atoms with van der Waals surface area (Å²) in [6.45, 7) is 2.05. The van der Waals surface area contributed by atoms with E-state index in [1.165, 1.54) is 0 Å². The van der Waals surface area contributed by atoms with Gasteiger partial charge in [0.15, 0.2) is 0 Å². The maximum Gasteiger partial charge on any atom is 0.251 e. The first-order chi connectivity index (χ1) is 9.19. The Kier molecular flexibility index (Phi) is 4.39. The first-order valence-corrected chi connectivity index (χ1v) is 6.42. The normalized spacial score (nSPS) is 12.4. The van der Waals surface area contributed by atoms with Crippen LogP contribution >= 0.6 is 11.6 Å². The maximum absolute atomic E-state index is 5.99. The van der Waals surface area contributed by atoms with Crippen LogP contribution in [-0.2, 0) is 0 Å². The van der Waals surface area contributed by atoms with Crippen molar-refractivity contribution in [2.75, 3.05) is 14.2 Å². The van der Waals surface area contributed by atoms with Gasteiger partial charge in [-0.15, -0.1) is 10.2 Å². The lowest BCUT2D eigenvalue weighted by Crippen LogP contribution is -2.15. The molecule has 0 bridgehead atoms. The zero-order valence-corrected chi connectivity index (χ0v) is 11.9. The minimum absolute atomic E-state index is 0.0476. The lowest BCUT2D eigenvalue weighted by molar-refractivity contribution is 0.403. The number of benzene rings is 1. The first kappa shape index (κ1) is 13.8. The van der Waals surface area contributed by atoms with Crippen LogP contribution in [0, 0.1) is 0 Å². The minimum Gasteiger partial charge on any atom is -0.496 e. The van der Waals surface area contributed by atoms with Gasteiger partial charge in [-0.1, -0.05) is 18.5 Å². The van der Waals surface area contributed by atoms with Crippen molar-refractivity contribution >= 4 is 11.6 Å². The topological polar surface area (TPSA) is 60.2 Å². The van der Waals surface area contributed by atoms with E-state index >= 15 is 0 Å². The van der Waals surface area contributed by atoms with E-state index in [0.717, 1.165) is 6.42 Å². The predicted octanol–water partition coefficient (Wildman–Crippen LogP) is 3.07. The van der Waals surface area contributed by atoms with E-state index in [1.54, 1.807) is 25.3 Å². The zero-order chi connectivity index (χ0) is 13.8. The summed E-state index contributed by atoms with van der Waals surface area (Å²) in [5, 5.41) is 11.8. The largest absolute Gasteiger partial charge is 0.496 e. The molecule has 0 radical (unpaired) electrons. The molecule has 1 aromatic carbocycles. The van der Waals surface area contributed by atoms with Crippen LogP contribution in [-0.4, -0.2) is 24.4 Å². The molecule has 5 nitrogen and oxygen atoms in total. The molecule has 0 amide bonds. The van der Waals surface area contributed by atoms with E-state index in [4.69, 9.17) is 20.8 Å². The highest BCUT2D eigenvalue weighted by Crippen LogP contribution is 2.32. The quantitative estimate of drug-likeness (QED) is 0.913. The van der Waals surface area contributed by atoms with Crippen molar-refractivity contribution in [3.8, 4) is 17.2 Å². The number of nitrogens with one attached hydrogen (secondary N) is 1. The molecule has 1 unspecified atom stereocenters. The van der Waals surface area contributed by atoms with E-state index < -0.39 is 0 Å². The molecule has 2 rings (SSSR count). The van der Waals surface area contributed by atoms with E-state index in [-0.39, 0.29) is 6.04 Å². The van der Waals surface area contributed by atoms with Crippen molar-refractivity contribution in [2.45, 2.75) is 19.4 Å². The van der Waals surface area contributed by atoms with Gasteiger partial charge in [-0.05, 0) is 31.7 Å². The fraction of sp³-hybridized carbons (Fsp3) is 0.385. The number of ether oxygens (including phenoxy) is 1. The average molecular weight is 282 g/mol. The summed E-state index contributed by atoms with van der Waals surface area (Å²) < 4.78 is 11.0. The van der Waals surface area contributed by atoms with Crippen LogP contribution in [0.3, 0.4) is 0 Å². The fourth-order valence-corrected chi connectivity index (χ4v) is 2.01. The van der Waals surface area contributed by atoms with Gasteiger partial charge in [-0.3, -0.25) is 0 Å². The second kappa shape index (κ2) is 6.04. The number of aromatic nitrogens is 2. The van der Waals surface area contributed by atoms with Gasteiger partial charge in [-0.2, -0.15) is 0 Å². The summed E-state index contributed by atoms with van der Waals surface area (Å²) in [6, 6.07) is 5.32. The molecule has 0 aliphatic heterocycles. The molecule has 0 aliphatic rings. The Morgan fingerprint density at radius 3 is 2.84 bits per heavy atom. The Balaban J connectivity index is 2.40. The standard InChI is InChI=1S/C13H16ClN3O2/c1-4-10(15-2)13-17-16-12(19-13)9-7-8(14)5-6-11(9)18-3/h5-7,10,15H,4H2,1-3H3. The third-order valence-corrected chi connectivity index (χ3v) is 3.12. The average Bonchev–Trinajstić information content (AvgIpc) is 2.89. The molecule has 1 N–H and O–H groups in total. The van der Waals surface area contributed by atoms with Crippen molar-refractivity contribution in [3.05, 3.63) is 29.1 Å². The third-order valence-electron chi connectivity index (χ3n) is 2.89. The first-order valence-electron chi connectivity index (χ1n) is 6.04. The molecule has 0 fully saturated rings. The van der Waals surface area contributed by atoms with Crippen LogP contribution in [0.25, 0.3) is 11.5 Å². The predicted molar refractivity (Wildman–Crippen MR) is 73.4 cm³/mol. The van der Waals surface area contributed by atoms with E-state index in [2.05, 4.69) is 15.5 Å². The van der Waals surface area contributed by atoms with Crippen LogP contribution < -0.4 is 10.1 Å². The van der Waals surface area contributed by atoms with Crippen molar-refractivity contribution in [1.29, 1.82) is 0 Å². The molecule has 6 heteroatoms. The van der Waals surface area contributed by atoms with Crippen molar-refractivity contribution < 1.29 is 9.15 Å². The summed E-state index contributed by atoms with van der Waals surface area (Å²) in [7, 11) is 3.45. The Morgan fingerprint density at radius 2 is 2.21 bits per heavy atom. The minimum atomic E-state index is 0.0476. The lowest BCUT2D eigenvalue weighted by Gasteiger charge is -2.08. The van der Waals surface area contributed by atoms with Gasteiger partial charge >= 0.3 is 0 Å². The summed E-state index contributed by atoms with van der Waals surface area (Å²) >= 11 is 5.99. The van der Waals surface area contributed by atoms with Gasteiger partial charge in [0.25, 0.3) is 5.89 Å². The Labute approximate surface area is 116 Å². The van der Waals surface area contributed by atoms with Gasteiger partial charge in [0.05, 0.1) is 18.7 Å². The number of rotatable bonds is 5. The van der Waals surface area contributed by atoms with E-state index in [1.807, 2.05) is 14.0 Å². The van der Waals surface area contributed by atoms with Crippen LogP contribution in [0.2, 0.25) is 5.02 Å². The second-order valence-corrected chi connectivity index (χ2v) is 4.48. The van der Waals surface area contributed by atoms with Crippen molar-refractivity contribution in [1.82, 2.24) is 15.5 Å². The molecular weight excluding hydrogens is 266 g/mol. The van der Waals surface area contributed by atoms with E-state index in [9.17, 15) is 0 Å². The molecular formula is C13H16ClN3O2. The number of halogens is 1. The van der Waals surface area contributed by atoms with Gasteiger partial charge < -0.3 is 14.5 Å². The summed E-state index contributed by atoms with van der Waals surface area (Å²) in [5.41, 5.74) is 0.694. The van der Waals surface area contributed by atoms with Crippen LogP contribution in [0.1, 0.15) is 25.3 Å². The molecule has 1 atom stereocenters. The molecule has 0 saturated carbocycles. The molecule has 102 valence electrons. The van der Waals surface area contributed by atoms with Crippen LogP contribution in [0.5, 0.6) is 5.75 Å². The Bertz CT molecular complexity index is 553. The Morgan fingerprint density at radius 1 is 1.42 bits per heavy atom. The smallest absolute Gasteiger partial charge is 0.251 e. The second-order valence-electron chi connectivity index (χ2n) is 4.04. The van der Waals surface area contributed by atoms with E-state index in [0.29, 0.717) is 28.1 Å². The SMILES string of the molecule is CCC(NC)c1nnc(-c2cc(Cl)ccc2OC)o1. The molecule has 1 aromatic heterocycles. The number of nitrogens with zero attached hydrogens (tertiary/aromatic N) is 2. The number of methoxy groups -OCH3 is 1. The van der Waals surface area contributed by atoms with Gasteiger partial charge in [0.2, 0.25) is 5.89 Å². The zero-order valence-electron chi connectivity index (χ0n) is 11.1. The molecule has 0 saturated heterocycles. The van der Waals surface area contributed by atoms with Crippen molar-refractivity contribution in [2.24, 2.45) is 0 Å². The highest BCUT2D eigenvalue weighted by atomic mass is 35.5. The number of hydrogen-bond acceptors (Lipinski definition) is 5. The maximum atomic E-state index is 5.99. The molecule has 1 heterocycles. The lowest BCUT2D eigenvalue weighted by atomic mass is 10.2. The highest BCUT2D eigenvalue weighted by Gasteiger charge is 2.18. The molecule has 0 aliphatic carbocycles. The van der Waals surface area contributed by atoms with Gasteiger partial charge in [-0.25, -0.2) is 0 Å². The molecule has 0 spiro atoms.